The maximum atomic E-state index is 12.6. The Hall–Kier alpha value is -1.17. The zero-order valence-electron chi connectivity index (χ0n) is 10.2. The summed E-state index contributed by atoms with van der Waals surface area (Å²) in [6, 6.07) is 3.97. The van der Waals surface area contributed by atoms with Gasteiger partial charge >= 0.3 is 0 Å². The first-order chi connectivity index (χ1) is 9.20. The van der Waals surface area contributed by atoms with Crippen molar-refractivity contribution >= 4 is 49.5 Å². The Balaban J connectivity index is 2.04. The zero-order valence-corrected chi connectivity index (χ0v) is 12.6. The Morgan fingerprint density at radius 3 is 3.05 bits per heavy atom. The number of carbonyl (C=O) groups is 1. The first-order valence-corrected chi connectivity index (χ1v) is 8.01. The van der Waals surface area contributed by atoms with E-state index in [1.807, 2.05) is 24.4 Å². The molecule has 0 radical (unpaired) electrons. The van der Waals surface area contributed by atoms with Crippen molar-refractivity contribution < 1.29 is 4.79 Å². The highest BCUT2D eigenvalue weighted by Gasteiger charge is 2.21. The van der Waals surface area contributed by atoms with Gasteiger partial charge in [0.1, 0.15) is 5.69 Å². The van der Waals surface area contributed by atoms with E-state index in [0.717, 1.165) is 20.7 Å². The van der Waals surface area contributed by atoms with Gasteiger partial charge in [-0.05, 0) is 23.9 Å². The van der Waals surface area contributed by atoms with Crippen LogP contribution in [-0.4, -0.2) is 15.6 Å². The number of hydrogen-bond donors (Lipinski definition) is 0. The van der Waals surface area contributed by atoms with E-state index < -0.39 is 0 Å². The van der Waals surface area contributed by atoms with Gasteiger partial charge in [0.05, 0.1) is 16.1 Å². The van der Waals surface area contributed by atoms with Crippen LogP contribution in [0.25, 0.3) is 9.40 Å². The van der Waals surface area contributed by atoms with Crippen LogP contribution in [0.1, 0.15) is 28.7 Å². The molecule has 0 aliphatic heterocycles. The summed E-state index contributed by atoms with van der Waals surface area (Å²) in [6.45, 7) is 2.75. The zero-order chi connectivity index (χ0) is 13.4. The number of nitrogens with zero attached hydrogens (tertiary/aromatic N) is 2. The highest BCUT2D eigenvalue weighted by Crippen LogP contribution is 2.32. The number of aryl methyl sites for hydroxylation is 1. The van der Waals surface area contributed by atoms with E-state index in [-0.39, 0.29) is 5.78 Å². The number of aromatic nitrogens is 2. The molecule has 0 amide bonds. The predicted octanol–water partition coefficient (Wildman–Crippen LogP) is 4.45. The van der Waals surface area contributed by atoms with Crippen molar-refractivity contribution in [1.29, 1.82) is 0 Å². The monoisotopic (exact) mass is 310 g/mol. The second-order valence-electron chi connectivity index (χ2n) is 4.15. The van der Waals surface area contributed by atoms with Gasteiger partial charge in [-0.1, -0.05) is 18.5 Å². The maximum absolute atomic E-state index is 12.6. The molecule has 3 aromatic heterocycles. The van der Waals surface area contributed by atoms with Gasteiger partial charge in [-0.15, -0.1) is 22.7 Å². The molecule has 6 heteroatoms. The maximum Gasteiger partial charge on any atom is 0.222 e. The molecule has 0 N–H and O–H groups in total. The lowest BCUT2D eigenvalue weighted by molar-refractivity contribution is 0.103. The summed E-state index contributed by atoms with van der Waals surface area (Å²) >= 11 is 9.25. The van der Waals surface area contributed by atoms with Gasteiger partial charge < -0.3 is 0 Å². The van der Waals surface area contributed by atoms with Gasteiger partial charge in [-0.3, -0.25) is 9.48 Å². The van der Waals surface area contributed by atoms with Gasteiger partial charge in [0.15, 0.2) is 0 Å². The number of carbonyl (C=O) groups excluding carboxylic acids is 1. The predicted molar refractivity (Wildman–Crippen MR) is 80.7 cm³/mol. The quantitative estimate of drug-likeness (QED) is 0.667. The van der Waals surface area contributed by atoms with Crippen molar-refractivity contribution in [2.45, 2.75) is 19.9 Å². The second-order valence-corrected chi connectivity index (χ2v) is 6.59. The highest BCUT2D eigenvalue weighted by atomic mass is 35.5. The molecule has 98 valence electrons. The molecule has 3 nitrogen and oxygen atoms in total. The van der Waals surface area contributed by atoms with Crippen LogP contribution >= 0.6 is 34.3 Å². The Labute approximate surface area is 123 Å². The molecule has 0 bridgehead atoms. The molecule has 0 aliphatic rings. The standard InChI is InChI=1S/C13H11ClN2OS2/c1-2-4-16-12(8(14)7-15-16)13(17)11-6-10-9(19-11)3-5-18-10/h3,5-7H,2,4H2,1H3. The molecule has 19 heavy (non-hydrogen) atoms. The molecule has 0 saturated heterocycles. The van der Waals surface area contributed by atoms with Crippen molar-refractivity contribution in [3.8, 4) is 0 Å². The van der Waals surface area contributed by atoms with Gasteiger partial charge in [-0.25, -0.2) is 0 Å². The molecule has 0 aromatic carbocycles. The third-order valence-electron chi connectivity index (χ3n) is 2.81. The molecular formula is C13H11ClN2OS2. The molecule has 3 rings (SSSR count). The third-order valence-corrected chi connectivity index (χ3v) is 5.18. The van der Waals surface area contributed by atoms with Gasteiger partial charge in [0, 0.05) is 15.9 Å². The van der Waals surface area contributed by atoms with Crippen LogP contribution < -0.4 is 0 Å². The van der Waals surface area contributed by atoms with E-state index in [0.29, 0.717) is 17.3 Å². The number of thiophene rings is 2. The fraction of sp³-hybridized carbons (Fsp3) is 0.231. The van der Waals surface area contributed by atoms with Crippen molar-refractivity contribution in [2.75, 3.05) is 0 Å². The van der Waals surface area contributed by atoms with Crippen molar-refractivity contribution in [1.82, 2.24) is 9.78 Å². The van der Waals surface area contributed by atoms with E-state index in [9.17, 15) is 4.79 Å². The molecule has 3 heterocycles. The number of fused-ring (bicyclic) bond motifs is 1. The van der Waals surface area contributed by atoms with Crippen molar-refractivity contribution in [2.24, 2.45) is 0 Å². The van der Waals surface area contributed by atoms with Crippen LogP contribution in [0.4, 0.5) is 0 Å². The van der Waals surface area contributed by atoms with Crippen LogP contribution in [0.2, 0.25) is 5.02 Å². The van der Waals surface area contributed by atoms with Gasteiger partial charge in [0.25, 0.3) is 0 Å². The molecule has 0 fully saturated rings. The Morgan fingerprint density at radius 1 is 1.47 bits per heavy atom. The third kappa shape index (κ3) is 2.22. The lowest BCUT2D eigenvalue weighted by atomic mass is 10.2. The Bertz CT molecular complexity index is 712. The van der Waals surface area contributed by atoms with Crippen LogP contribution in [0.15, 0.2) is 23.7 Å². The summed E-state index contributed by atoms with van der Waals surface area (Å²) in [7, 11) is 0. The summed E-state index contributed by atoms with van der Waals surface area (Å²) in [5.41, 5.74) is 0.498. The van der Waals surface area contributed by atoms with Crippen LogP contribution in [0, 0.1) is 0 Å². The van der Waals surface area contributed by atoms with Crippen molar-refractivity contribution in [3.05, 3.63) is 39.3 Å². The van der Waals surface area contributed by atoms with E-state index >= 15 is 0 Å². The molecule has 3 aromatic rings. The lowest BCUT2D eigenvalue weighted by Crippen LogP contribution is -2.10. The number of halogens is 1. The van der Waals surface area contributed by atoms with E-state index in [1.54, 1.807) is 22.2 Å². The van der Waals surface area contributed by atoms with E-state index in [1.165, 1.54) is 11.3 Å². The van der Waals surface area contributed by atoms with Crippen LogP contribution in [0.3, 0.4) is 0 Å². The summed E-state index contributed by atoms with van der Waals surface area (Å²) in [6.07, 6.45) is 2.46. The van der Waals surface area contributed by atoms with Crippen molar-refractivity contribution in [3.63, 3.8) is 0 Å². The topological polar surface area (TPSA) is 34.9 Å². The largest absolute Gasteiger partial charge is 0.286 e. The highest BCUT2D eigenvalue weighted by molar-refractivity contribution is 7.28. The SMILES string of the molecule is CCCn1ncc(Cl)c1C(=O)c1cc2sccc2s1. The minimum absolute atomic E-state index is 0.0376. The smallest absolute Gasteiger partial charge is 0.222 e. The summed E-state index contributed by atoms with van der Waals surface area (Å²) < 4.78 is 3.98. The molecule has 0 unspecified atom stereocenters. The molecule has 0 spiro atoms. The Morgan fingerprint density at radius 2 is 2.32 bits per heavy atom. The van der Waals surface area contributed by atoms with Gasteiger partial charge in [-0.2, -0.15) is 5.10 Å². The van der Waals surface area contributed by atoms with Crippen LogP contribution in [-0.2, 0) is 6.54 Å². The van der Waals surface area contributed by atoms with E-state index in [4.69, 9.17) is 11.6 Å². The number of ketones is 1. The average molecular weight is 311 g/mol. The fourth-order valence-corrected chi connectivity index (χ4v) is 4.24. The molecule has 0 aliphatic carbocycles. The first-order valence-electron chi connectivity index (χ1n) is 5.93. The summed E-state index contributed by atoms with van der Waals surface area (Å²) in [5.74, 6) is -0.0376. The summed E-state index contributed by atoms with van der Waals surface area (Å²) in [4.78, 5) is 13.3. The fourth-order valence-electron chi connectivity index (χ4n) is 1.96. The number of rotatable bonds is 4. The molecular weight excluding hydrogens is 300 g/mol. The minimum Gasteiger partial charge on any atom is -0.286 e. The lowest BCUT2D eigenvalue weighted by Gasteiger charge is -2.04. The molecule has 0 atom stereocenters. The Kier molecular flexibility index (Phi) is 3.43. The number of hydrogen-bond acceptors (Lipinski definition) is 4. The first kappa shape index (κ1) is 12.8. The van der Waals surface area contributed by atoms with Gasteiger partial charge in [0.2, 0.25) is 5.78 Å². The summed E-state index contributed by atoms with van der Waals surface area (Å²) in [5, 5.41) is 6.62. The van der Waals surface area contributed by atoms with E-state index in [2.05, 4.69) is 5.10 Å². The average Bonchev–Trinajstić information content (AvgIpc) is 3.03. The van der Waals surface area contributed by atoms with Crippen LogP contribution in [0.5, 0.6) is 0 Å². The molecule has 0 saturated carbocycles. The second kappa shape index (κ2) is 5.07. The minimum atomic E-state index is -0.0376. The normalized spacial score (nSPS) is 11.3.